The first-order chi connectivity index (χ1) is 9.43. The van der Waals surface area contributed by atoms with Gasteiger partial charge in [0.1, 0.15) is 11.3 Å². The first-order valence-corrected chi connectivity index (χ1v) is 6.44. The lowest BCUT2D eigenvalue weighted by Crippen LogP contribution is -2.11. The summed E-state index contributed by atoms with van der Waals surface area (Å²) in [5.41, 5.74) is 1.46. The number of rotatable bonds is 2. The van der Waals surface area contributed by atoms with Crippen molar-refractivity contribution in [2.24, 2.45) is 4.99 Å². The predicted octanol–water partition coefficient (Wildman–Crippen LogP) is 3.79. The highest BCUT2D eigenvalue weighted by molar-refractivity contribution is 6.42. The maximum atomic E-state index is 11.5. The first-order valence-electron chi connectivity index (χ1n) is 5.68. The van der Waals surface area contributed by atoms with E-state index in [0.717, 1.165) is 0 Å². The van der Waals surface area contributed by atoms with Crippen LogP contribution in [-0.2, 0) is 9.53 Å². The second kappa shape index (κ2) is 5.69. The van der Waals surface area contributed by atoms with Crippen molar-refractivity contribution < 1.29 is 14.6 Å². The van der Waals surface area contributed by atoms with Gasteiger partial charge in [0.05, 0.1) is 22.9 Å². The Balaban J connectivity index is 2.44. The van der Waals surface area contributed by atoms with Crippen LogP contribution in [0, 0.1) is 0 Å². The van der Waals surface area contributed by atoms with Crippen LogP contribution in [0.4, 0.5) is 0 Å². The summed E-state index contributed by atoms with van der Waals surface area (Å²) < 4.78 is 4.60. The lowest BCUT2D eigenvalue weighted by Gasteiger charge is -2.01. The lowest BCUT2D eigenvalue weighted by atomic mass is 10.1. The Kier molecular flexibility index (Phi) is 4.16. The van der Waals surface area contributed by atoms with Gasteiger partial charge in [-0.15, -0.1) is 0 Å². The fourth-order valence-electron chi connectivity index (χ4n) is 1.80. The fraction of sp³-hybridized carbons (Fsp3) is 0.143. The second-order valence-corrected chi connectivity index (χ2v) is 4.93. The quantitative estimate of drug-likeness (QED) is 0.845. The summed E-state index contributed by atoms with van der Waals surface area (Å²) in [4.78, 5) is 15.7. The van der Waals surface area contributed by atoms with Gasteiger partial charge >= 0.3 is 5.97 Å². The number of aliphatic hydroxyl groups is 1. The summed E-state index contributed by atoms with van der Waals surface area (Å²) in [5, 5.41) is 10.9. The monoisotopic (exact) mass is 311 g/mol. The number of carbonyl (C=O) groups is 1. The zero-order chi connectivity index (χ0) is 14.9. The van der Waals surface area contributed by atoms with E-state index in [-0.39, 0.29) is 17.0 Å². The summed E-state index contributed by atoms with van der Waals surface area (Å²) in [5.74, 6) is -0.832. The molecule has 1 aromatic carbocycles. The molecule has 1 heterocycles. The van der Waals surface area contributed by atoms with Crippen LogP contribution in [-0.4, -0.2) is 23.9 Å². The number of esters is 1. The van der Waals surface area contributed by atoms with Crippen molar-refractivity contribution in [1.29, 1.82) is 0 Å². The zero-order valence-corrected chi connectivity index (χ0v) is 12.3. The molecule has 1 aromatic rings. The molecular weight excluding hydrogens is 301 g/mol. The molecule has 0 unspecified atom stereocenters. The maximum Gasteiger partial charge on any atom is 0.343 e. The molecule has 0 amide bonds. The van der Waals surface area contributed by atoms with E-state index in [1.807, 2.05) is 0 Å². The molecular formula is C14H11Cl2NO3. The van der Waals surface area contributed by atoms with Crippen LogP contribution in [0.15, 0.2) is 40.2 Å². The van der Waals surface area contributed by atoms with Crippen LogP contribution in [0.1, 0.15) is 12.5 Å². The molecule has 1 aliphatic rings. The Bertz CT molecular complexity index is 675. The number of nitrogens with zero attached hydrogens (tertiary/aromatic N) is 1. The molecule has 1 aliphatic heterocycles. The van der Waals surface area contributed by atoms with Crippen LogP contribution in [0.25, 0.3) is 6.08 Å². The van der Waals surface area contributed by atoms with Crippen molar-refractivity contribution in [2.45, 2.75) is 6.92 Å². The molecule has 1 N–H and O–H groups in total. The SMILES string of the molecule is COC(=O)C1=C(O)/C(=C\c2ccc(Cl)c(Cl)c2)N=C1C. The van der Waals surface area contributed by atoms with Gasteiger partial charge in [-0.05, 0) is 30.7 Å². The molecule has 0 atom stereocenters. The van der Waals surface area contributed by atoms with Gasteiger partial charge in [-0.1, -0.05) is 29.3 Å². The molecule has 0 aliphatic carbocycles. The highest BCUT2D eigenvalue weighted by atomic mass is 35.5. The van der Waals surface area contributed by atoms with E-state index in [0.29, 0.717) is 21.3 Å². The number of ether oxygens (including phenoxy) is 1. The van der Waals surface area contributed by atoms with Crippen LogP contribution in [0.2, 0.25) is 10.0 Å². The zero-order valence-electron chi connectivity index (χ0n) is 10.8. The van der Waals surface area contributed by atoms with E-state index in [4.69, 9.17) is 23.2 Å². The van der Waals surface area contributed by atoms with Gasteiger partial charge in [-0.25, -0.2) is 9.79 Å². The number of aliphatic imine (C=N–C) groups is 1. The van der Waals surface area contributed by atoms with Crippen molar-refractivity contribution in [2.75, 3.05) is 7.11 Å². The van der Waals surface area contributed by atoms with Crippen LogP contribution >= 0.6 is 23.2 Å². The number of hydrogen-bond donors (Lipinski definition) is 1. The van der Waals surface area contributed by atoms with E-state index in [1.54, 1.807) is 31.2 Å². The molecule has 0 spiro atoms. The van der Waals surface area contributed by atoms with Crippen LogP contribution < -0.4 is 0 Å². The van der Waals surface area contributed by atoms with Gasteiger partial charge in [-0.3, -0.25) is 0 Å². The van der Waals surface area contributed by atoms with Gasteiger partial charge < -0.3 is 9.84 Å². The highest BCUT2D eigenvalue weighted by Gasteiger charge is 2.27. The molecule has 0 aromatic heterocycles. The largest absolute Gasteiger partial charge is 0.505 e. The predicted molar refractivity (Wildman–Crippen MR) is 79.2 cm³/mol. The standard InChI is InChI=1S/C14H11Cl2NO3/c1-7-12(14(19)20-2)13(18)11(17-7)6-8-3-4-9(15)10(16)5-8/h3-6,18H,1-2H3/b11-6+. The maximum absolute atomic E-state index is 11.5. The average Bonchev–Trinajstić information content (AvgIpc) is 2.68. The molecule has 20 heavy (non-hydrogen) atoms. The number of aliphatic hydroxyl groups excluding tert-OH is 1. The summed E-state index contributed by atoms with van der Waals surface area (Å²) in [7, 11) is 1.25. The summed E-state index contributed by atoms with van der Waals surface area (Å²) in [6, 6.07) is 5.02. The Morgan fingerprint density at radius 2 is 2.05 bits per heavy atom. The second-order valence-electron chi connectivity index (χ2n) is 4.12. The minimum Gasteiger partial charge on any atom is -0.505 e. The Hall–Kier alpha value is -1.78. The average molecular weight is 312 g/mol. The summed E-state index contributed by atoms with van der Waals surface area (Å²) in [6.07, 6.45) is 1.61. The molecule has 104 valence electrons. The first kappa shape index (κ1) is 14.6. The summed E-state index contributed by atoms with van der Waals surface area (Å²) >= 11 is 11.8. The van der Waals surface area contributed by atoms with Gasteiger partial charge in [0.15, 0.2) is 5.76 Å². The van der Waals surface area contributed by atoms with E-state index in [1.165, 1.54) is 7.11 Å². The fourth-order valence-corrected chi connectivity index (χ4v) is 2.10. The molecule has 0 bridgehead atoms. The van der Waals surface area contributed by atoms with E-state index < -0.39 is 5.97 Å². The summed E-state index contributed by atoms with van der Waals surface area (Å²) in [6.45, 7) is 1.62. The van der Waals surface area contributed by atoms with E-state index >= 15 is 0 Å². The normalized spacial score (nSPS) is 16.6. The van der Waals surface area contributed by atoms with Crippen molar-refractivity contribution in [3.63, 3.8) is 0 Å². The van der Waals surface area contributed by atoms with Gasteiger partial charge in [0.2, 0.25) is 0 Å². The molecule has 2 rings (SSSR count). The van der Waals surface area contributed by atoms with Gasteiger partial charge in [0, 0.05) is 0 Å². The molecule has 6 heteroatoms. The van der Waals surface area contributed by atoms with Crippen LogP contribution in [0.3, 0.4) is 0 Å². The molecule has 4 nitrogen and oxygen atoms in total. The van der Waals surface area contributed by atoms with Gasteiger partial charge in [0.25, 0.3) is 0 Å². The number of hydrogen-bond acceptors (Lipinski definition) is 4. The minimum atomic E-state index is -0.624. The third kappa shape index (κ3) is 2.71. The van der Waals surface area contributed by atoms with E-state index in [9.17, 15) is 9.90 Å². The topological polar surface area (TPSA) is 58.9 Å². The van der Waals surface area contributed by atoms with Crippen molar-refractivity contribution in [3.05, 3.63) is 50.8 Å². The van der Waals surface area contributed by atoms with Crippen LogP contribution in [0.5, 0.6) is 0 Å². The molecule has 0 fully saturated rings. The van der Waals surface area contributed by atoms with E-state index in [2.05, 4.69) is 9.73 Å². The van der Waals surface area contributed by atoms with Crippen molar-refractivity contribution in [1.82, 2.24) is 0 Å². The van der Waals surface area contributed by atoms with Gasteiger partial charge in [-0.2, -0.15) is 0 Å². The number of carbonyl (C=O) groups excluding carboxylic acids is 1. The number of halogens is 2. The Labute approximate surface area is 126 Å². The third-order valence-electron chi connectivity index (χ3n) is 2.77. The molecule has 0 saturated heterocycles. The highest BCUT2D eigenvalue weighted by Crippen LogP contribution is 2.28. The minimum absolute atomic E-state index is 0.0683. The Morgan fingerprint density at radius 3 is 2.65 bits per heavy atom. The molecule has 0 radical (unpaired) electrons. The van der Waals surface area contributed by atoms with Crippen molar-refractivity contribution in [3.8, 4) is 0 Å². The number of methoxy groups -OCH3 is 1. The van der Waals surface area contributed by atoms with Crippen molar-refractivity contribution >= 4 is 41.0 Å². The third-order valence-corrected chi connectivity index (χ3v) is 3.50. The Morgan fingerprint density at radius 1 is 1.35 bits per heavy atom. The smallest absolute Gasteiger partial charge is 0.343 e. The molecule has 0 saturated carbocycles. The lowest BCUT2D eigenvalue weighted by molar-refractivity contribution is -0.135. The number of benzene rings is 1.